The summed E-state index contributed by atoms with van der Waals surface area (Å²) in [5.41, 5.74) is 6.24. The lowest BCUT2D eigenvalue weighted by atomic mass is 10.0. The van der Waals surface area contributed by atoms with E-state index in [9.17, 15) is 9.59 Å². The Bertz CT molecular complexity index is 434. The van der Waals surface area contributed by atoms with Crippen LogP contribution in [0.5, 0.6) is 0 Å². The van der Waals surface area contributed by atoms with Crippen LogP contribution in [-0.2, 0) is 14.3 Å². The highest BCUT2D eigenvalue weighted by Gasteiger charge is 2.20. The monoisotopic (exact) mass is 263 g/mol. The Morgan fingerprint density at radius 3 is 2.32 bits per heavy atom. The number of carbonyl (C=O) groups excluding carboxylic acids is 2. The summed E-state index contributed by atoms with van der Waals surface area (Å²) in [5.74, 6) is -0.705. The topological polar surface area (TPSA) is 69.4 Å². The minimum absolute atomic E-state index is 0.142. The van der Waals surface area contributed by atoms with E-state index in [1.165, 1.54) is 0 Å². The molecule has 0 aliphatic heterocycles. The summed E-state index contributed by atoms with van der Waals surface area (Å²) in [6, 6.07) is 8.98. The van der Waals surface area contributed by atoms with E-state index in [0.29, 0.717) is 0 Å². The smallest absolute Gasteiger partial charge is 0.313 e. The zero-order valence-electron chi connectivity index (χ0n) is 11.7. The van der Waals surface area contributed by atoms with Gasteiger partial charge >= 0.3 is 5.97 Å². The molecule has 4 nitrogen and oxygen atoms in total. The predicted octanol–water partition coefficient (Wildman–Crippen LogP) is 2.38. The van der Waals surface area contributed by atoms with Crippen molar-refractivity contribution >= 4 is 11.8 Å². The average molecular weight is 263 g/mol. The Kier molecular flexibility index (Phi) is 5.24. The van der Waals surface area contributed by atoms with Gasteiger partial charge in [-0.05, 0) is 26.3 Å². The Morgan fingerprint density at radius 2 is 1.79 bits per heavy atom. The quantitative estimate of drug-likeness (QED) is 0.654. The molecular formula is C15H21NO3. The number of ketones is 1. The van der Waals surface area contributed by atoms with Crippen molar-refractivity contribution in [1.82, 2.24) is 0 Å². The van der Waals surface area contributed by atoms with E-state index in [-0.39, 0.29) is 24.7 Å². The van der Waals surface area contributed by atoms with Gasteiger partial charge in [0.1, 0.15) is 17.8 Å². The second kappa shape index (κ2) is 6.48. The first kappa shape index (κ1) is 15.4. The number of rotatable bonds is 5. The second-order valence-corrected chi connectivity index (χ2v) is 5.52. The van der Waals surface area contributed by atoms with E-state index in [1.54, 1.807) is 20.8 Å². The highest BCUT2D eigenvalue weighted by atomic mass is 16.6. The fraction of sp³-hybridized carbons (Fsp3) is 0.467. The van der Waals surface area contributed by atoms with Crippen molar-refractivity contribution in [3.05, 3.63) is 35.9 Å². The highest BCUT2D eigenvalue weighted by Crippen LogP contribution is 2.15. The summed E-state index contributed by atoms with van der Waals surface area (Å²) in [6.07, 6.45) is -0.0823. The molecule has 0 aliphatic carbocycles. The molecule has 2 N–H and O–H groups in total. The molecule has 0 bridgehead atoms. The van der Waals surface area contributed by atoms with Gasteiger partial charge in [-0.3, -0.25) is 9.59 Å². The van der Waals surface area contributed by atoms with Crippen molar-refractivity contribution in [3.8, 4) is 0 Å². The number of carbonyl (C=O) groups is 2. The van der Waals surface area contributed by atoms with Crippen molar-refractivity contribution in [2.75, 3.05) is 0 Å². The molecule has 4 heteroatoms. The Morgan fingerprint density at radius 1 is 1.21 bits per heavy atom. The van der Waals surface area contributed by atoms with Crippen LogP contribution in [0.15, 0.2) is 30.3 Å². The zero-order chi connectivity index (χ0) is 14.5. The molecule has 1 aromatic rings. The molecule has 0 spiro atoms. The normalized spacial score (nSPS) is 12.8. The fourth-order valence-electron chi connectivity index (χ4n) is 1.67. The summed E-state index contributed by atoms with van der Waals surface area (Å²) in [5, 5.41) is 0. The van der Waals surface area contributed by atoms with Crippen molar-refractivity contribution in [2.45, 2.75) is 45.3 Å². The summed E-state index contributed by atoms with van der Waals surface area (Å²) in [6.45, 7) is 5.31. The number of ether oxygens (including phenoxy) is 1. The molecule has 0 saturated heterocycles. The number of Topliss-reactive ketones (excluding diaryl/α,β-unsaturated/α-hetero) is 1. The van der Waals surface area contributed by atoms with Crippen LogP contribution in [0.1, 0.15) is 45.2 Å². The number of benzene rings is 1. The number of hydrogen-bond acceptors (Lipinski definition) is 4. The molecule has 1 unspecified atom stereocenters. The molecule has 0 radical (unpaired) electrons. The van der Waals surface area contributed by atoms with Gasteiger partial charge in [-0.2, -0.15) is 0 Å². The van der Waals surface area contributed by atoms with Gasteiger partial charge in [0.15, 0.2) is 0 Å². The fourth-order valence-corrected chi connectivity index (χ4v) is 1.67. The molecule has 0 heterocycles. The molecule has 1 aromatic carbocycles. The number of esters is 1. The molecule has 0 amide bonds. The zero-order valence-corrected chi connectivity index (χ0v) is 11.7. The maximum atomic E-state index is 11.7. The molecule has 0 fully saturated rings. The molecule has 0 aliphatic rings. The highest BCUT2D eigenvalue weighted by molar-refractivity contribution is 5.95. The van der Waals surface area contributed by atoms with Crippen molar-refractivity contribution < 1.29 is 14.3 Å². The van der Waals surface area contributed by atoms with Crippen molar-refractivity contribution in [1.29, 1.82) is 0 Å². The van der Waals surface area contributed by atoms with Gasteiger partial charge in [-0.15, -0.1) is 0 Å². The van der Waals surface area contributed by atoms with Crippen LogP contribution < -0.4 is 5.73 Å². The van der Waals surface area contributed by atoms with Gasteiger partial charge in [-0.1, -0.05) is 30.3 Å². The minimum atomic E-state index is -0.571. The van der Waals surface area contributed by atoms with Gasteiger partial charge in [-0.25, -0.2) is 0 Å². The third kappa shape index (κ3) is 6.15. The third-order valence-electron chi connectivity index (χ3n) is 2.44. The van der Waals surface area contributed by atoms with Gasteiger partial charge in [0, 0.05) is 12.5 Å². The molecule has 0 aromatic heterocycles. The second-order valence-electron chi connectivity index (χ2n) is 5.52. The first-order valence-corrected chi connectivity index (χ1v) is 6.32. The largest absolute Gasteiger partial charge is 0.460 e. The van der Waals surface area contributed by atoms with E-state index in [1.807, 2.05) is 30.3 Å². The van der Waals surface area contributed by atoms with Crippen LogP contribution in [0.2, 0.25) is 0 Å². The van der Waals surface area contributed by atoms with E-state index in [0.717, 1.165) is 5.56 Å². The lowest BCUT2D eigenvalue weighted by Gasteiger charge is -2.19. The summed E-state index contributed by atoms with van der Waals surface area (Å²) < 4.78 is 5.10. The first-order chi connectivity index (χ1) is 8.78. The van der Waals surface area contributed by atoms with Crippen LogP contribution in [0, 0.1) is 0 Å². The molecule has 1 rings (SSSR count). The Labute approximate surface area is 113 Å². The summed E-state index contributed by atoms with van der Waals surface area (Å²) in [7, 11) is 0. The summed E-state index contributed by atoms with van der Waals surface area (Å²) in [4.78, 5) is 23.2. The van der Waals surface area contributed by atoms with Crippen LogP contribution in [0.4, 0.5) is 0 Å². The molecule has 0 saturated carbocycles. The van der Waals surface area contributed by atoms with Gasteiger partial charge in [0.05, 0.1) is 0 Å². The van der Waals surface area contributed by atoms with Crippen LogP contribution in [-0.4, -0.2) is 17.4 Å². The van der Waals surface area contributed by atoms with Crippen molar-refractivity contribution in [2.24, 2.45) is 5.73 Å². The lowest BCUT2D eigenvalue weighted by Crippen LogP contribution is -2.26. The Hall–Kier alpha value is -1.68. The van der Waals surface area contributed by atoms with Gasteiger partial charge in [0.25, 0.3) is 0 Å². The van der Waals surface area contributed by atoms with Gasteiger partial charge < -0.3 is 10.5 Å². The van der Waals surface area contributed by atoms with Crippen LogP contribution in [0.25, 0.3) is 0 Å². The predicted molar refractivity (Wildman–Crippen MR) is 73.5 cm³/mol. The minimum Gasteiger partial charge on any atom is -0.460 e. The number of hydrogen-bond donors (Lipinski definition) is 1. The van der Waals surface area contributed by atoms with Crippen LogP contribution >= 0.6 is 0 Å². The lowest BCUT2D eigenvalue weighted by molar-refractivity contribution is -0.156. The van der Waals surface area contributed by atoms with E-state index in [4.69, 9.17) is 10.5 Å². The average Bonchev–Trinajstić information content (AvgIpc) is 2.27. The van der Waals surface area contributed by atoms with Gasteiger partial charge in [0.2, 0.25) is 0 Å². The van der Waals surface area contributed by atoms with Crippen LogP contribution in [0.3, 0.4) is 0 Å². The standard InChI is InChI=1S/C15H21NO3/c1-15(2,3)19-14(18)10-12(17)9-13(16)11-7-5-4-6-8-11/h4-8,13H,9-10,16H2,1-3H3. The summed E-state index contributed by atoms with van der Waals surface area (Å²) >= 11 is 0. The van der Waals surface area contributed by atoms with E-state index < -0.39 is 11.6 Å². The third-order valence-corrected chi connectivity index (χ3v) is 2.44. The molecule has 19 heavy (non-hydrogen) atoms. The Balaban J connectivity index is 2.46. The van der Waals surface area contributed by atoms with E-state index in [2.05, 4.69) is 0 Å². The maximum absolute atomic E-state index is 11.7. The number of nitrogens with two attached hydrogens (primary N) is 1. The van der Waals surface area contributed by atoms with Crippen molar-refractivity contribution in [3.63, 3.8) is 0 Å². The molecular weight excluding hydrogens is 242 g/mol. The molecule has 104 valence electrons. The van der Waals surface area contributed by atoms with E-state index >= 15 is 0 Å². The maximum Gasteiger partial charge on any atom is 0.313 e. The SMILES string of the molecule is CC(C)(C)OC(=O)CC(=O)CC(N)c1ccccc1. The first-order valence-electron chi connectivity index (χ1n) is 6.32. The molecule has 1 atom stereocenters.